The van der Waals surface area contributed by atoms with Gasteiger partial charge in [-0.15, -0.1) is 0 Å². The van der Waals surface area contributed by atoms with Gasteiger partial charge < -0.3 is 15.2 Å². The molecule has 0 saturated carbocycles. The lowest BCUT2D eigenvalue weighted by Gasteiger charge is -2.20. The number of ether oxygens (including phenoxy) is 2. The molecular weight excluding hydrogens is 226 g/mol. The molecule has 1 aliphatic heterocycles. The third-order valence-corrected chi connectivity index (χ3v) is 3.81. The van der Waals surface area contributed by atoms with E-state index in [9.17, 15) is 0 Å². The Morgan fingerprint density at radius 1 is 1.33 bits per heavy atom. The van der Waals surface area contributed by atoms with E-state index in [0.29, 0.717) is 12.0 Å². The fourth-order valence-corrected chi connectivity index (χ4v) is 2.87. The van der Waals surface area contributed by atoms with E-state index in [1.807, 2.05) is 0 Å². The second kappa shape index (κ2) is 5.29. The summed E-state index contributed by atoms with van der Waals surface area (Å²) in [6, 6.07) is 4.33. The zero-order chi connectivity index (χ0) is 13.3. The Balaban J connectivity index is 2.23. The van der Waals surface area contributed by atoms with Crippen LogP contribution in [0, 0.1) is 19.8 Å². The Morgan fingerprint density at radius 2 is 1.94 bits per heavy atom. The lowest BCUT2D eigenvalue weighted by atomic mass is 9.90. The van der Waals surface area contributed by atoms with E-state index in [0.717, 1.165) is 29.9 Å². The van der Waals surface area contributed by atoms with Gasteiger partial charge in [0.05, 0.1) is 19.8 Å². The maximum Gasteiger partial charge on any atom is 0.124 e. The molecule has 0 aliphatic carbocycles. The van der Waals surface area contributed by atoms with Gasteiger partial charge in [-0.3, -0.25) is 0 Å². The molecule has 18 heavy (non-hydrogen) atoms. The van der Waals surface area contributed by atoms with Crippen molar-refractivity contribution in [2.75, 3.05) is 13.7 Å². The summed E-state index contributed by atoms with van der Waals surface area (Å²) in [5.74, 6) is 1.38. The number of hydrogen-bond donors (Lipinski definition) is 1. The number of nitrogens with two attached hydrogens (primary N) is 1. The Hall–Kier alpha value is -1.06. The number of hydrogen-bond acceptors (Lipinski definition) is 3. The predicted molar refractivity (Wildman–Crippen MR) is 72.9 cm³/mol. The van der Waals surface area contributed by atoms with Gasteiger partial charge in [-0.1, -0.05) is 12.1 Å². The molecule has 0 spiro atoms. The number of rotatable bonds is 3. The number of aryl methyl sites for hydroxylation is 2. The SMILES string of the molecule is COc1c(C)cc(C(N)C2COC(C)C2)cc1C. The van der Waals surface area contributed by atoms with Crippen LogP contribution in [-0.4, -0.2) is 19.8 Å². The number of methoxy groups -OCH3 is 1. The van der Waals surface area contributed by atoms with Gasteiger partial charge in [-0.05, 0) is 43.9 Å². The zero-order valence-corrected chi connectivity index (χ0v) is 11.7. The molecule has 1 saturated heterocycles. The average molecular weight is 249 g/mol. The molecule has 3 atom stereocenters. The molecule has 1 fully saturated rings. The Kier molecular flexibility index (Phi) is 3.93. The summed E-state index contributed by atoms with van der Waals surface area (Å²) in [5.41, 5.74) is 9.86. The third-order valence-electron chi connectivity index (χ3n) is 3.81. The molecule has 0 bridgehead atoms. The van der Waals surface area contributed by atoms with E-state index in [-0.39, 0.29) is 6.04 Å². The van der Waals surface area contributed by atoms with Crippen LogP contribution in [0.4, 0.5) is 0 Å². The molecular formula is C15H23NO2. The van der Waals surface area contributed by atoms with Gasteiger partial charge >= 0.3 is 0 Å². The summed E-state index contributed by atoms with van der Waals surface area (Å²) < 4.78 is 11.0. The molecule has 0 amide bonds. The maximum atomic E-state index is 6.37. The molecule has 0 aromatic heterocycles. The van der Waals surface area contributed by atoms with Gasteiger partial charge in [0.2, 0.25) is 0 Å². The van der Waals surface area contributed by atoms with E-state index in [1.165, 1.54) is 5.56 Å². The largest absolute Gasteiger partial charge is 0.496 e. The highest BCUT2D eigenvalue weighted by Gasteiger charge is 2.28. The minimum absolute atomic E-state index is 0.0539. The van der Waals surface area contributed by atoms with Crippen LogP contribution in [0.25, 0.3) is 0 Å². The van der Waals surface area contributed by atoms with Crippen LogP contribution in [0.2, 0.25) is 0 Å². The van der Waals surface area contributed by atoms with Crippen LogP contribution in [-0.2, 0) is 4.74 Å². The average Bonchev–Trinajstić information content (AvgIpc) is 2.74. The number of benzene rings is 1. The molecule has 2 rings (SSSR count). The second-order valence-electron chi connectivity index (χ2n) is 5.35. The van der Waals surface area contributed by atoms with Gasteiger partial charge in [-0.25, -0.2) is 0 Å². The van der Waals surface area contributed by atoms with E-state index in [2.05, 4.69) is 32.9 Å². The van der Waals surface area contributed by atoms with E-state index in [4.69, 9.17) is 15.2 Å². The monoisotopic (exact) mass is 249 g/mol. The molecule has 0 radical (unpaired) electrons. The standard InChI is InChI=1S/C15H23NO2/c1-9-5-12(6-10(2)15(9)17-4)14(16)13-7-11(3)18-8-13/h5-6,11,13-14H,7-8,16H2,1-4H3. The molecule has 3 unspecified atom stereocenters. The van der Waals surface area contributed by atoms with Crippen LogP contribution in [0.15, 0.2) is 12.1 Å². The first-order valence-electron chi connectivity index (χ1n) is 6.55. The smallest absolute Gasteiger partial charge is 0.124 e. The molecule has 1 aromatic rings. The highest BCUT2D eigenvalue weighted by molar-refractivity contribution is 5.44. The van der Waals surface area contributed by atoms with Crippen LogP contribution < -0.4 is 10.5 Å². The lowest BCUT2D eigenvalue weighted by molar-refractivity contribution is 0.118. The maximum absolute atomic E-state index is 6.37. The summed E-state index contributed by atoms with van der Waals surface area (Å²) in [7, 11) is 1.71. The van der Waals surface area contributed by atoms with Gasteiger partial charge in [0.15, 0.2) is 0 Å². The molecule has 3 heteroatoms. The van der Waals surface area contributed by atoms with Crippen LogP contribution in [0.5, 0.6) is 5.75 Å². The van der Waals surface area contributed by atoms with Crippen molar-refractivity contribution in [3.63, 3.8) is 0 Å². The highest BCUT2D eigenvalue weighted by atomic mass is 16.5. The fraction of sp³-hybridized carbons (Fsp3) is 0.600. The fourth-order valence-electron chi connectivity index (χ4n) is 2.87. The van der Waals surface area contributed by atoms with E-state index in [1.54, 1.807) is 7.11 Å². The summed E-state index contributed by atoms with van der Waals surface area (Å²) >= 11 is 0. The van der Waals surface area contributed by atoms with Crippen molar-refractivity contribution in [2.45, 2.75) is 39.3 Å². The van der Waals surface area contributed by atoms with Gasteiger partial charge in [0, 0.05) is 12.0 Å². The molecule has 1 heterocycles. The van der Waals surface area contributed by atoms with E-state index >= 15 is 0 Å². The summed E-state index contributed by atoms with van der Waals surface area (Å²) in [4.78, 5) is 0. The minimum Gasteiger partial charge on any atom is -0.496 e. The molecule has 100 valence electrons. The normalized spacial score (nSPS) is 25.2. The summed E-state index contributed by atoms with van der Waals surface area (Å²) in [5, 5.41) is 0. The van der Waals surface area contributed by atoms with Crippen molar-refractivity contribution in [3.8, 4) is 5.75 Å². The molecule has 1 aromatic carbocycles. The van der Waals surface area contributed by atoms with Crippen molar-refractivity contribution >= 4 is 0 Å². The van der Waals surface area contributed by atoms with Crippen molar-refractivity contribution < 1.29 is 9.47 Å². The van der Waals surface area contributed by atoms with Gasteiger partial charge in [0.1, 0.15) is 5.75 Å². The molecule has 3 nitrogen and oxygen atoms in total. The van der Waals surface area contributed by atoms with Crippen molar-refractivity contribution in [1.29, 1.82) is 0 Å². The second-order valence-corrected chi connectivity index (χ2v) is 5.35. The Labute approximate surface area is 109 Å². The highest BCUT2D eigenvalue weighted by Crippen LogP contribution is 2.33. The molecule has 1 aliphatic rings. The van der Waals surface area contributed by atoms with Crippen molar-refractivity contribution in [3.05, 3.63) is 28.8 Å². The minimum atomic E-state index is 0.0539. The van der Waals surface area contributed by atoms with Gasteiger partial charge in [0.25, 0.3) is 0 Å². The quantitative estimate of drug-likeness (QED) is 0.895. The Morgan fingerprint density at radius 3 is 2.39 bits per heavy atom. The molecule has 2 N–H and O–H groups in total. The third kappa shape index (κ3) is 2.52. The predicted octanol–water partition coefficient (Wildman–Crippen LogP) is 2.74. The Bertz CT molecular complexity index is 407. The van der Waals surface area contributed by atoms with Crippen molar-refractivity contribution in [1.82, 2.24) is 0 Å². The lowest BCUT2D eigenvalue weighted by Crippen LogP contribution is -2.22. The summed E-state index contributed by atoms with van der Waals surface area (Å²) in [6.07, 6.45) is 1.38. The van der Waals surface area contributed by atoms with Crippen molar-refractivity contribution in [2.24, 2.45) is 11.7 Å². The first-order valence-corrected chi connectivity index (χ1v) is 6.55. The van der Waals surface area contributed by atoms with Gasteiger partial charge in [-0.2, -0.15) is 0 Å². The first-order chi connectivity index (χ1) is 8.52. The topological polar surface area (TPSA) is 44.5 Å². The van der Waals surface area contributed by atoms with Crippen LogP contribution in [0.3, 0.4) is 0 Å². The zero-order valence-electron chi connectivity index (χ0n) is 11.7. The summed E-state index contributed by atoms with van der Waals surface area (Å²) in [6.45, 7) is 7.01. The first kappa shape index (κ1) is 13.4. The van der Waals surface area contributed by atoms with Crippen LogP contribution >= 0.6 is 0 Å². The van der Waals surface area contributed by atoms with E-state index < -0.39 is 0 Å². The van der Waals surface area contributed by atoms with Crippen LogP contribution in [0.1, 0.15) is 36.1 Å².